The minimum Gasteiger partial charge on any atom is -0.382 e. The van der Waals surface area contributed by atoms with Crippen molar-refractivity contribution in [3.63, 3.8) is 0 Å². The van der Waals surface area contributed by atoms with Gasteiger partial charge in [-0.25, -0.2) is 0 Å². The summed E-state index contributed by atoms with van der Waals surface area (Å²) in [6.07, 6.45) is 2.92. The van der Waals surface area contributed by atoms with E-state index in [1.807, 2.05) is 42.5 Å². The summed E-state index contributed by atoms with van der Waals surface area (Å²) in [5.74, 6) is 0. The van der Waals surface area contributed by atoms with E-state index in [2.05, 4.69) is 4.98 Å². The molecule has 1 aromatic heterocycles. The highest BCUT2D eigenvalue weighted by Gasteiger charge is 2.13. The highest BCUT2D eigenvalue weighted by Crippen LogP contribution is 2.19. The summed E-state index contributed by atoms with van der Waals surface area (Å²) in [5, 5.41) is 0. The van der Waals surface area contributed by atoms with Crippen molar-refractivity contribution in [1.29, 1.82) is 0 Å². The monoisotopic (exact) mass is 303 g/mol. The molecule has 0 aliphatic heterocycles. The zero-order valence-corrected chi connectivity index (χ0v) is 12.7. The average molecular weight is 303 g/mol. The van der Waals surface area contributed by atoms with Gasteiger partial charge in [-0.2, -0.15) is 0 Å². The summed E-state index contributed by atoms with van der Waals surface area (Å²) >= 11 is 0. The third kappa shape index (κ3) is 5.91. The second kappa shape index (κ2) is 10.0. The molecule has 5 heteroatoms. The van der Waals surface area contributed by atoms with Crippen LogP contribution in [0.4, 0.5) is 0 Å². The van der Waals surface area contributed by atoms with Crippen molar-refractivity contribution in [2.45, 2.75) is 12.9 Å². The van der Waals surface area contributed by atoms with Gasteiger partial charge in [-0.15, -0.1) is 0 Å². The van der Waals surface area contributed by atoms with E-state index in [1.54, 1.807) is 19.5 Å². The van der Waals surface area contributed by atoms with Crippen LogP contribution in [0.25, 0.3) is 0 Å². The standard InChI is InChI=1S/C17H21NO4/c1-19-10-11-20-14-22-17(16-8-5-9-18-12-16)21-13-15-6-3-2-4-7-15/h2-9,12,17H,10-11,13-14H2,1H3. The van der Waals surface area contributed by atoms with Crippen LogP contribution in [0.3, 0.4) is 0 Å². The van der Waals surface area contributed by atoms with E-state index >= 15 is 0 Å². The molecule has 22 heavy (non-hydrogen) atoms. The highest BCUT2D eigenvalue weighted by atomic mass is 16.7. The van der Waals surface area contributed by atoms with Crippen molar-refractivity contribution in [2.75, 3.05) is 27.1 Å². The Balaban J connectivity index is 1.87. The number of rotatable bonds is 10. The molecule has 1 unspecified atom stereocenters. The van der Waals surface area contributed by atoms with E-state index in [1.165, 1.54) is 0 Å². The fourth-order valence-electron chi connectivity index (χ4n) is 1.81. The van der Waals surface area contributed by atoms with Gasteiger partial charge in [-0.1, -0.05) is 36.4 Å². The Bertz CT molecular complexity index is 507. The third-order valence-electron chi connectivity index (χ3n) is 2.94. The molecule has 0 spiro atoms. The molecule has 1 heterocycles. The summed E-state index contributed by atoms with van der Waals surface area (Å²) in [5.41, 5.74) is 1.94. The van der Waals surface area contributed by atoms with Crippen LogP contribution >= 0.6 is 0 Å². The topological polar surface area (TPSA) is 49.8 Å². The molecule has 1 aromatic carbocycles. The molecular weight excluding hydrogens is 282 g/mol. The Morgan fingerprint density at radius 3 is 2.59 bits per heavy atom. The van der Waals surface area contributed by atoms with Gasteiger partial charge in [0, 0.05) is 25.1 Å². The molecule has 0 saturated carbocycles. The van der Waals surface area contributed by atoms with E-state index in [9.17, 15) is 0 Å². The maximum absolute atomic E-state index is 5.85. The van der Waals surface area contributed by atoms with E-state index in [-0.39, 0.29) is 6.79 Å². The summed E-state index contributed by atoms with van der Waals surface area (Å²) in [6.45, 7) is 1.61. The lowest BCUT2D eigenvalue weighted by atomic mass is 10.2. The van der Waals surface area contributed by atoms with Gasteiger partial charge in [0.15, 0.2) is 6.29 Å². The van der Waals surface area contributed by atoms with Gasteiger partial charge in [0.25, 0.3) is 0 Å². The normalized spacial score (nSPS) is 12.2. The van der Waals surface area contributed by atoms with Crippen LogP contribution in [0.1, 0.15) is 17.4 Å². The maximum Gasteiger partial charge on any atom is 0.188 e. The molecule has 0 saturated heterocycles. The lowest BCUT2D eigenvalue weighted by Gasteiger charge is -2.18. The summed E-state index contributed by atoms with van der Waals surface area (Å²) in [4.78, 5) is 4.10. The smallest absolute Gasteiger partial charge is 0.188 e. The Morgan fingerprint density at radius 1 is 1.00 bits per heavy atom. The van der Waals surface area contributed by atoms with E-state index in [4.69, 9.17) is 18.9 Å². The zero-order chi connectivity index (χ0) is 15.5. The average Bonchev–Trinajstić information content (AvgIpc) is 2.59. The number of hydrogen-bond donors (Lipinski definition) is 0. The number of hydrogen-bond acceptors (Lipinski definition) is 5. The van der Waals surface area contributed by atoms with Crippen LogP contribution in [0.5, 0.6) is 0 Å². The molecule has 0 fully saturated rings. The first-order chi connectivity index (χ1) is 10.9. The predicted octanol–water partition coefficient (Wildman–Crippen LogP) is 2.93. The van der Waals surface area contributed by atoms with Crippen molar-refractivity contribution in [3.05, 3.63) is 66.0 Å². The molecule has 5 nitrogen and oxygen atoms in total. The van der Waals surface area contributed by atoms with Crippen LogP contribution in [-0.4, -0.2) is 32.1 Å². The van der Waals surface area contributed by atoms with Crippen molar-refractivity contribution in [3.8, 4) is 0 Å². The SMILES string of the molecule is COCCOCOC(OCc1ccccc1)c1cccnc1. The van der Waals surface area contributed by atoms with Crippen molar-refractivity contribution >= 4 is 0 Å². The number of methoxy groups -OCH3 is 1. The summed E-state index contributed by atoms with van der Waals surface area (Å²) in [7, 11) is 1.63. The predicted molar refractivity (Wildman–Crippen MR) is 82.0 cm³/mol. The Hall–Kier alpha value is -1.79. The second-order valence-electron chi connectivity index (χ2n) is 4.60. The number of benzene rings is 1. The number of pyridine rings is 1. The number of aromatic nitrogens is 1. The summed E-state index contributed by atoms with van der Waals surface area (Å²) < 4.78 is 21.8. The molecule has 0 aliphatic carbocycles. The first-order valence-corrected chi connectivity index (χ1v) is 7.14. The fraction of sp³-hybridized carbons (Fsp3) is 0.353. The summed E-state index contributed by atoms with van der Waals surface area (Å²) in [6, 6.07) is 13.7. The highest BCUT2D eigenvalue weighted by molar-refractivity contribution is 5.14. The van der Waals surface area contributed by atoms with Gasteiger partial charge in [0.2, 0.25) is 0 Å². The van der Waals surface area contributed by atoms with Crippen LogP contribution in [0.15, 0.2) is 54.9 Å². The molecule has 0 radical (unpaired) electrons. The molecular formula is C17H21NO4. The molecule has 2 aromatic rings. The maximum atomic E-state index is 5.85. The minimum absolute atomic E-state index is 0.137. The van der Waals surface area contributed by atoms with Crippen LogP contribution in [0.2, 0.25) is 0 Å². The van der Waals surface area contributed by atoms with Gasteiger partial charge in [-0.05, 0) is 11.6 Å². The largest absolute Gasteiger partial charge is 0.382 e. The van der Waals surface area contributed by atoms with Gasteiger partial charge >= 0.3 is 0 Å². The van der Waals surface area contributed by atoms with Gasteiger partial charge in [0.05, 0.1) is 19.8 Å². The Labute approximate surface area is 130 Å². The van der Waals surface area contributed by atoms with Crippen molar-refractivity contribution in [1.82, 2.24) is 4.98 Å². The third-order valence-corrected chi connectivity index (χ3v) is 2.94. The first-order valence-electron chi connectivity index (χ1n) is 7.14. The van der Waals surface area contributed by atoms with Crippen LogP contribution < -0.4 is 0 Å². The molecule has 0 bridgehead atoms. The fourth-order valence-corrected chi connectivity index (χ4v) is 1.81. The quantitative estimate of drug-likeness (QED) is 0.499. The zero-order valence-electron chi connectivity index (χ0n) is 12.7. The molecule has 1 atom stereocenters. The van der Waals surface area contributed by atoms with Gasteiger partial charge in [-0.3, -0.25) is 4.98 Å². The number of ether oxygens (including phenoxy) is 4. The van der Waals surface area contributed by atoms with Crippen molar-refractivity contribution < 1.29 is 18.9 Å². The Morgan fingerprint density at radius 2 is 1.86 bits per heavy atom. The lowest BCUT2D eigenvalue weighted by Crippen LogP contribution is -2.13. The Kier molecular flexibility index (Phi) is 7.55. The molecule has 0 N–H and O–H groups in total. The van der Waals surface area contributed by atoms with Crippen molar-refractivity contribution in [2.24, 2.45) is 0 Å². The second-order valence-corrected chi connectivity index (χ2v) is 4.60. The van der Waals surface area contributed by atoms with E-state index < -0.39 is 6.29 Å². The van der Waals surface area contributed by atoms with Crippen LogP contribution in [0, 0.1) is 0 Å². The molecule has 2 rings (SSSR count). The minimum atomic E-state index is -0.517. The van der Waals surface area contributed by atoms with E-state index in [0.717, 1.165) is 11.1 Å². The molecule has 118 valence electrons. The van der Waals surface area contributed by atoms with Gasteiger partial charge < -0.3 is 18.9 Å². The number of nitrogens with zero attached hydrogens (tertiary/aromatic N) is 1. The molecule has 0 amide bonds. The lowest BCUT2D eigenvalue weighted by molar-refractivity contribution is -0.206. The van der Waals surface area contributed by atoms with Crippen LogP contribution in [-0.2, 0) is 25.6 Å². The van der Waals surface area contributed by atoms with E-state index in [0.29, 0.717) is 19.8 Å². The molecule has 0 aliphatic rings. The first kappa shape index (κ1) is 16.6. The van der Waals surface area contributed by atoms with Gasteiger partial charge in [0.1, 0.15) is 6.79 Å².